The van der Waals surface area contributed by atoms with Crippen molar-refractivity contribution in [2.45, 2.75) is 0 Å². The molecule has 3 rings (SSSR count). The molecule has 0 saturated heterocycles. The van der Waals surface area contributed by atoms with Crippen molar-refractivity contribution in [2.75, 3.05) is 0 Å². The average Bonchev–Trinajstić information content (AvgIpc) is 2.28. The lowest BCUT2D eigenvalue weighted by Crippen LogP contribution is -1.83. The summed E-state index contributed by atoms with van der Waals surface area (Å²) >= 11 is 6.92. The van der Waals surface area contributed by atoms with Crippen LogP contribution >= 0.6 is 31.9 Å². The second-order valence-corrected chi connectivity index (χ2v) is 5.00. The van der Waals surface area contributed by atoms with Gasteiger partial charge in [0.25, 0.3) is 0 Å². The van der Waals surface area contributed by atoms with E-state index in [1.807, 2.05) is 12.1 Å². The van der Waals surface area contributed by atoms with Gasteiger partial charge >= 0.3 is 0 Å². The lowest BCUT2D eigenvalue weighted by Gasteiger charge is -2.04. The first-order chi connectivity index (χ1) is 7.75. The van der Waals surface area contributed by atoms with Gasteiger partial charge in [0, 0.05) is 23.2 Å². The van der Waals surface area contributed by atoms with Crippen LogP contribution in [0.3, 0.4) is 0 Å². The maximum Gasteiger partial charge on any atom is 0.113 e. The summed E-state index contributed by atoms with van der Waals surface area (Å²) in [5, 5.41) is 4.55. The Labute approximate surface area is 109 Å². The third-order valence-electron chi connectivity index (χ3n) is 2.55. The number of benzene rings is 1. The van der Waals surface area contributed by atoms with Gasteiger partial charge in [0.1, 0.15) is 9.21 Å². The fourth-order valence-corrected chi connectivity index (χ4v) is 2.70. The molecule has 1 aromatic carbocycles. The fourth-order valence-electron chi connectivity index (χ4n) is 1.77. The minimum atomic E-state index is 0.864. The molecule has 2 heterocycles. The van der Waals surface area contributed by atoms with Crippen molar-refractivity contribution in [2.24, 2.45) is 0 Å². The van der Waals surface area contributed by atoms with Gasteiger partial charge in [-0.15, -0.1) is 0 Å². The molecule has 2 nitrogen and oxygen atoms in total. The van der Waals surface area contributed by atoms with Gasteiger partial charge in [-0.1, -0.05) is 0 Å². The monoisotopic (exact) mass is 336 g/mol. The van der Waals surface area contributed by atoms with E-state index in [0.29, 0.717) is 0 Å². The largest absolute Gasteiger partial charge is 0.249 e. The summed E-state index contributed by atoms with van der Waals surface area (Å²) in [4.78, 5) is 8.45. The van der Waals surface area contributed by atoms with Crippen LogP contribution in [0.4, 0.5) is 0 Å². The maximum atomic E-state index is 4.22. The molecule has 0 spiro atoms. The van der Waals surface area contributed by atoms with E-state index in [4.69, 9.17) is 0 Å². The highest BCUT2D eigenvalue weighted by Crippen LogP contribution is 2.29. The van der Waals surface area contributed by atoms with Gasteiger partial charge in [0.15, 0.2) is 0 Å². The highest BCUT2D eigenvalue weighted by atomic mass is 79.9. The van der Waals surface area contributed by atoms with Crippen LogP contribution in [0.15, 0.2) is 45.9 Å². The van der Waals surface area contributed by atoms with Gasteiger partial charge < -0.3 is 0 Å². The predicted molar refractivity (Wildman–Crippen MR) is 72.4 cm³/mol. The zero-order valence-corrected chi connectivity index (χ0v) is 11.3. The number of rotatable bonds is 0. The van der Waals surface area contributed by atoms with Gasteiger partial charge in [0.2, 0.25) is 0 Å². The summed E-state index contributed by atoms with van der Waals surface area (Å²) in [5.74, 6) is 0. The zero-order chi connectivity index (χ0) is 11.1. The molecule has 0 saturated carbocycles. The Morgan fingerprint density at radius 3 is 1.75 bits per heavy atom. The maximum absolute atomic E-state index is 4.22. The molecule has 16 heavy (non-hydrogen) atoms. The van der Waals surface area contributed by atoms with E-state index in [-0.39, 0.29) is 0 Å². The highest BCUT2D eigenvalue weighted by Gasteiger charge is 2.04. The minimum absolute atomic E-state index is 0.864. The summed E-state index contributed by atoms with van der Waals surface area (Å²) in [6.07, 6.45) is 3.60. The summed E-state index contributed by atoms with van der Waals surface area (Å²) < 4.78 is 1.73. The molecule has 78 valence electrons. The number of halogens is 2. The number of hydrogen-bond acceptors (Lipinski definition) is 2. The summed E-state index contributed by atoms with van der Waals surface area (Å²) in [6, 6.07) is 8.25. The molecule has 0 bridgehead atoms. The Hall–Kier alpha value is -1.000. The third kappa shape index (κ3) is 1.53. The van der Waals surface area contributed by atoms with Crippen molar-refractivity contribution in [3.8, 4) is 0 Å². The topological polar surface area (TPSA) is 25.8 Å². The zero-order valence-electron chi connectivity index (χ0n) is 8.11. The first kappa shape index (κ1) is 10.2. The summed E-state index contributed by atoms with van der Waals surface area (Å²) in [5.41, 5.74) is 0. The quantitative estimate of drug-likeness (QED) is 0.451. The number of nitrogens with zero attached hydrogens (tertiary/aromatic N) is 2. The lowest BCUT2D eigenvalue weighted by atomic mass is 10.1. The van der Waals surface area contributed by atoms with Crippen LogP contribution in [0.25, 0.3) is 21.5 Å². The van der Waals surface area contributed by atoms with Crippen LogP contribution in [0.1, 0.15) is 0 Å². The van der Waals surface area contributed by atoms with E-state index in [2.05, 4.69) is 54.0 Å². The molecule has 2 aromatic heterocycles. The van der Waals surface area contributed by atoms with Crippen LogP contribution in [0.2, 0.25) is 0 Å². The molecule has 3 aromatic rings. The molecule has 0 aliphatic rings. The number of fused-ring (bicyclic) bond motifs is 2. The number of hydrogen-bond donors (Lipinski definition) is 0. The van der Waals surface area contributed by atoms with Crippen molar-refractivity contribution in [1.82, 2.24) is 9.97 Å². The van der Waals surface area contributed by atoms with Crippen LogP contribution < -0.4 is 0 Å². The van der Waals surface area contributed by atoms with E-state index >= 15 is 0 Å². The SMILES string of the molecule is Brc1nccc2cc3ccnc(Br)c3cc12. The third-order valence-corrected chi connectivity index (χ3v) is 3.81. The van der Waals surface area contributed by atoms with E-state index in [9.17, 15) is 0 Å². The molecule has 0 aliphatic heterocycles. The summed E-state index contributed by atoms with van der Waals surface area (Å²) in [7, 11) is 0. The Morgan fingerprint density at radius 2 is 1.25 bits per heavy atom. The van der Waals surface area contributed by atoms with Gasteiger partial charge in [-0.3, -0.25) is 0 Å². The standard InChI is InChI=1S/C12H6Br2N2/c13-11-9-6-10-8(2-4-16-12(10)14)5-7(9)1-3-15-11/h1-6H. The molecule has 0 fully saturated rings. The van der Waals surface area contributed by atoms with Gasteiger partial charge in [0.05, 0.1) is 0 Å². The van der Waals surface area contributed by atoms with Crippen molar-refractivity contribution < 1.29 is 0 Å². The van der Waals surface area contributed by atoms with Crippen LogP contribution in [0.5, 0.6) is 0 Å². The minimum Gasteiger partial charge on any atom is -0.249 e. The average molecular weight is 338 g/mol. The molecular formula is C12H6Br2N2. The first-order valence-corrected chi connectivity index (χ1v) is 6.33. The molecule has 0 N–H and O–H groups in total. The second-order valence-electron chi connectivity index (χ2n) is 3.50. The van der Waals surface area contributed by atoms with Crippen LogP contribution in [0, 0.1) is 0 Å². The Bertz CT molecular complexity index is 638. The number of aromatic nitrogens is 2. The lowest BCUT2D eigenvalue weighted by molar-refractivity contribution is 1.30. The van der Waals surface area contributed by atoms with Crippen molar-refractivity contribution in [1.29, 1.82) is 0 Å². The Morgan fingerprint density at radius 1 is 0.750 bits per heavy atom. The van der Waals surface area contributed by atoms with Gasteiger partial charge in [-0.2, -0.15) is 0 Å². The molecule has 0 unspecified atom stereocenters. The van der Waals surface area contributed by atoms with Crippen LogP contribution in [-0.4, -0.2) is 9.97 Å². The molecule has 0 radical (unpaired) electrons. The molecule has 0 amide bonds. The number of pyridine rings is 2. The van der Waals surface area contributed by atoms with Crippen molar-refractivity contribution in [3.63, 3.8) is 0 Å². The molecule has 0 aliphatic carbocycles. The first-order valence-electron chi connectivity index (χ1n) is 4.74. The second kappa shape index (κ2) is 3.79. The van der Waals surface area contributed by atoms with Gasteiger partial charge in [-0.25, -0.2) is 9.97 Å². The van der Waals surface area contributed by atoms with Crippen molar-refractivity contribution in [3.05, 3.63) is 45.9 Å². The van der Waals surface area contributed by atoms with E-state index < -0.39 is 0 Å². The Kier molecular flexibility index (Phi) is 2.41. The van der Waals surface area contributed by atoms with E-state index in [1.54, 1.807) is 12.4 Å². The van der Waals surface area contributed by atoms with Gasteiger partial charge in [-0.05, 0) is 66.9 Å². The van der Waals surface area contributed by atoms with E-state index in [1.165, 1.54) is 10.8 Å². The molecule has 4 heteroatoms. The van der Waals surface area contributed by atoms with Crippen molar-refractivity contribution >= 4 is 53.4 Å². The predicted octanol–water partition coefficient (Wildman–Crippen LogP) is 4.31. The summed E-state index contributed by atoms with van der Waals surface area (Å²) in [6.45, 7) is 0. The molecular weight excluding hydrogens is 332 g/mol. The Balaban J connectivity index is 2.55. The fraction of sp³-hybridized carbons (Fsp3) is 0. The highest BCUT2D eigenvalue weighted by molar-refractivity contribution is 9.10. The van der Waals surface area contributed by atoms with Crippen LogP contribution in [-0.2, 0) is 0 Å². The van der Waals surface area contributed by atoms with E-state index in [0.717, 1.165) is 20.0 Å². The molecule has 0 atom stereocenters. The normalized spacial score (nSPS) is 11.1. The smallest absolute Gasteiger partial charge is 0.113 e.